The van der Waals surface area contributed by atoms with Crippen molar-refractivity contribution in [2.24, 2.45) is 0 Å². The van der Waals surface area contributed by atoms with E-state index in [2.05, 4.69) is 10.6 Å². The van der Waals surface area contributed by atoms with Gasteiger partial charge in [0.15, 0.2) is 0 Å². The van der Waals surface area contributed by atoms with Gasteiger partial charge in [-0.15, -0.1) is 0 Å². The number of benzene rings is 3. The molecule has 2 fully saturated rings. The highest BCUT2D eigenvalue weighted by Gasteiger charge is 2.60. The lowest BCUT2D eigenvalue weighted by Gasteiger charge is -2.34. The first kappa shape index (κ1) is 22.6. The number of hydrogen-bond acceptors (Lipinski definition) is 6. The highest BCUT2D eigenvalue weighted by molar-refractivity contribution is 5.67. The standard InChI is InChI=1S/C27H28N2O5/c30-26(32-18-21-14-8-3-9-15-21)28-22(16-19-10-4-1-5-11-19)24-25-23(29-27(31,33-24)34-25)17-20-12-6-2-7-13-20/h1-15,22-25,29,31H,16-18H2,(H,28,30)/t22-,23-,24-,25+,27+/m0/s1. The van der Waals surface area contributed by atoms with Crippen LogP contribution < -0.4 is 10.6 Å². The van der Waals surface area contributed by atoms with Crippen molar-refractivity contribution in [2.75, 3.05) is 0 Å². The zero-order chi connectivity index (χ0) is 23.4. The predicted molar refractivity (Wildman–Crippen MR) is 125 cm³/mol. The molecule has 0 aliphatic carbocycles. The first-order chi connectivity index (χ1) is 16.6. The van der Waals surface area contributed by atoms with Crippen molar-refractivity contribution in [2.45, 2.75) is 49.8 Å². The Morgan fingerprint density at radius 1 is 0.912 bits per heavy atom. The fourth-order valence-corrected chi connectivity index (χ4v) is 4.61. The lowest BCUT2D eigenvalue weighted by atomic mass is 9.91. The summed E-state index contributed by atoms with van der Waals surface area (Å²) in [6.07, 6.45) is -2.28. The number of nitrogens with one attached hydrogen (secondary N) is 2. The Balaban J connectivity index is 1.31. The summed E-state index contributed by atoms with van der Waals surface area (Å²) in [4.78, 5) is 12.7. The first-order valence-electron chi connectivity index (χ1n) is 11.5. The zero-order valence-corrected chi connectivity index (χ0v) is 18.7. The Bertz CT molecular complexity index is 1080. The molecule has 3 aromatic rings. The minimum absolute atomic E-state index is 0.165. The van der Waals surface area contributed by atoms with Crippen LogP contribution in [0, 0.1) is 0 Å². The third kappa shape index (κ3) is 5.29. The van der Waals surface area contributed by atoms with Crippen LogP contribution in [0.15, 0.2) is 91.0 Å². The second-order valence-electron chi connectivity index (χ2n) is 8.69. The van der Waals surface area contributed by atoms with Gasteiger partial charge in [0, 0.05) is 6.04 Å². The van der Waals surface area contributed by atoms with Crippen molar-refractivity contribution in [3.8, 4) is 0 Å². The summed E-state index contributed by atoms with van der Waals surface area (Å²) >= 11 is 0. The largest absolute Gasteiger partial charge is 0.445 e. The number of carbonyl (C=O) groups is 1. The Morgan fingerprint density at radius 3 is 2.12 bits per heavy atom. The van der Waals surface area contributed by atoms with Crippen LogP contribution in [0.25, 0.3) is 0 Å². The molecule has 0 unspecified atom stereocenters. The van der Waals surface area contributed by atoms with E-state index in [-0.39, 0.29) is 12.6 Å². The molecule has 0 aromatic heterocycles. The summed E-state index contributed by atoms with van der Waals surface area (Å²) < 4.78 is 17.1. The van der Waals surface area contributed by atoms with Gasteiger partial charge < -0.3 is 24.6 Å². The van der Waals surface area contributed by atoms with Crippen LogP contribution in [0.4, 0.5) is 4.79 Å². The summed E-state index contributed by atoms with van der Waals surface area (Å²) in [6, 6.07) is 28.7. The zero-order valence-electron chi connectivity index (χ0n) is 18.7. The van der Waals surface area contributed by atoms with E-state index in [9.17, 15) is 9.90 Å². The molecule has 2 saturated heterocycles. The summed E-state index contributed by atoms with van der Waals surface area (Å²) in [6.45, 7) is 0.165. The topological polar surface area (TPSA) is 89.1 Å². The van der Waals surface area contributed by atoms with Gasteiger partial charge in [-0.3, -0.25) is 0 Å². The quantitative estimate of drug-likeness (QED) is 0.479. The second-order valence-corrected chi connectivity index (χ2v) is 8.69. The van der Waals surface area contributed by atoms with E-state index in [0.717, 1.165) is 16.7 Å². The summed E-state index contributed by atoms with van der Waals surface area (Å²) in [7, 11) is 0. The van der Waals surface area contributed by atoms with Gasteiger partial charge in [0.05, 0.1) is 6.04 Å². The number of rotatable bonds is 8. The molecule has 3 aromatic carbocycles. The average molecular weight is 461 g/mol. The van der Waals surface area contributed by atoms with Gasteiger partial charge in [-0.2, -0.15) is 0 Å². The third-order valence-electron chi connectivity index (χ3n) is 6.19. The Hall–Kier alpha value is -3.23. The van der Waals surface area contributed by atoms with Gasteiger partial charge in [-0.1, -0.05) is 91.0 Å². The SMILES string of the molecule is O=C(N[C@@H](Cc1ccccc1)[C@@H]1O[C@]2(O)N[C@@H](Cc3ccccc3)[C@H]1O2)OCc1ccccc1. The molecule has 7 heteroatoms. The van der Waals surface area contributed by atoms with Crippen LogP contribution in [-0.4, -0.2) is 41.6 Å². The van der Waals surface area contributed by atoms with Gasteiger partial charge in [0.2, 0.25) is 0 Å². The summed E-state index contributed by atoms with van der Waals surface area (Å²) in [5.74, 6) is 0. The average Bonchev–Trinajstić information content (AvgIpc) is 3.37. The molecule has 2 heterocycles. The molecule has 2 aliphatic heterocycles. The number of alkyl carbamates (subject to hydrolysis) is 1. The Morgan fingerprint density at radius 2 is 1.50 bits per heavy atom. The van der Waals surface area contributed by atoms with Crippen molar-refractivity contribution >= 4 is 6.09 Å². The fraction of sp³-hybridized carbons (Fsp3) is 0.296. The Labute approximate surface area is 198 Å². The molecular formula is C27H28N2O5. The Kier molecular flexibility index (Phi) is 6.60. The van der Waals surface area contributed by atoms with Gasteiger partial charge >= 0.3 is 12.2 Å². The van der Waals surface area contributed by atoms with E-state index < -0.39 is 30.4 Å². The van der Waals surface area contributed by atoms with Crippen LogP contribution in [-0.2, 0) is 33.7 Å². The third-order valence-corrected chi connectivity index (χ3v) is 6.19. The number of carbonyl (C=O) groups excluding carboxylic acids is 1. The minimum atomic E-state index is -1.88. The molecule has 0 saturated carbocycles. The predicted octanol–water partition coefficient (Wildman–Crippen LogP) is 3.13. The van der Waals surface area contributed by atoms with E-state index in [1.807, 2.05) is 91.0 Å². The summed E-state index contributed by atoms with van der Waals surface area (Å²) in [5, 5.41) is 16.8. The van der Waals surface area contributed by atoms with Crippen molar-refractivity contribution in [1.82, 2.24) is 10.6 Å². The molecular weight excluding hydrogens is 432 g/mol. The highest BCUT2D eigenvalue weighted by atomic mass is 16.9. The smallest absolute Gasteiger partial charge is 0.407 e. The maximum atomic E-state index is 12.7. The molecule has 5 atom stereocenters. The number of fused-ring (bicyclic) bond motifs is 2. The van der Waals surface area contributed by atoms with E-state index in [1.165, 1.54) is 0 Å². The molecule has 0 radical (unpaired) electrons. The maximum absolute atomic E-state index is 12.7. The minimum Gasteiger partial charge on any atom is -0.445 e. The lowest BCUT2D eigenvalue weighted by Crippen LogP contribution is -2.60. The van der Waals surface area contributed by atoms with Crippen LogP contribution in [0.3, 0.4) is 0 Å². The van der Waals surface area contributed by atoms with Crippen LogP contribution in [0.2, 0.25) is 0 Å². The molecule has 176 valence electrons. The molecule has 5 rings (SSSR count). The first-order valence-corrected chi connectivity index (χ1v) is 11.5. The van der Waals surface area contributed by atoms with Gasteiger partial charge in [-0.25, -0.2) is 10.1 Å². The van der Waals surface area contributed by atoms with Crippen molar-refractivity contribution < 1.29 is 24.1 Å². The van der Waals surface area contributed by atoms with Gasteiger partial charge in [0.25, 0.3) is 0 Å². The van der Waals surface area contributed by atoms with E-state index in [0.29, 0.717) is 12.8 Å². The number of amides is 1. The normalized spacial score (nSPS) is 26.2. The van der Waals surface area contributed by atoms with Gasteiger partial charge in [0.1, 0.15) is 18.8 Å². The van der Waals surface area contributed by atoms with Crippen molar-refractivity contribution in [3.63, 3.8) is 0 Å². The molecule has 2 bridgehead atoms. The van der Waals surface area contributed by atoms with Gasteiger partial charge in [-0.05, 0) is 29.5 Å². The molecule has 2 aliphatic rings. The monoisotopic (exact) mass is 460 g/mol. The highest BCUT2D eigenvalue weighted by Crippen LogP contribution is 2.37. The number of aliphatic hydroxyl groups is 1. The lowest BCUT2D eigenvalue weighted by molar-refractivity contribution is -0.320. The van der Waals surface area contributed by atoms with Crippen molar-refractivity contribution in [3.05, 3.63) is 108 Å². The van der Waals surface area contributed by atoms with Crippen LogP contribution in [0.1, 0.15) is 16.7 Å². The molecule has 3 N–H and O–H groups in total. The molecule has 0 spiro atoms. The van der Waals surface area contributed by atoms with Crippen LogP contribution >= 0.6 is 0 Å². The number of ether oxygens (including phenoxy) is 3. The van der Waals surface area contributed by atoms with Crippen molar-refractivity contribution in [1.29, 1.82) is 0 Å². The molecule has 34 heavy (non-hydrogen) atoms. The van der Waals surface area contributed by atoms with Crippen LogP contribution in [0.5, 0.6) is 0 Å². The van der Waals surface area contributed by atoms with E-state index in [4.69, 9.17) is 14.2 Å². The number of hydrogen-bond donors (Lipinski definition) is 3. The maximum Gasteiger partial charge on any atom is 0.407 e. The molecule has 7 nitrogen and oxygen atoms in total. The molecule has 1 amide bonds. The fourth-order valence-electron chi connectivity index (χ4n) is 4.61. The summed E-state index contributed by atoms with van der Waals surface area (Å²) in [5.41, 5.74) is 3.05. The second kappa shape index (κ2) is 9.95. The van der Waals surface area contributed by atoms with E-state index in [1.54, 1.807) is 0 Å². The van der Waals surface area contributed by atoms with E-state index >= 15 is 0 Å².